The number of aliphatic hydroxyl groups excluding tert-OH is 1. The maximum Gasteiger partial charge on any atom is 0.125 e. The molecular weight excluding hydrogens is 212 g/mol. The minimum atomic E-state index is -0.0943. The number of rotatable bonds is 2. The van der Waals surface area contributed by atoms with Gasteiger partial charge in [-0.2, -0.15) is 0 Å². The molecule has 0 bridgehead atoms. The van der Waals surface area contributed by atoms with Gasteiger partial charge < -0.3 is 9.84 Å². The first-order valence-electron chi connectivity index (χ1n) is 6.45. The summed E-state index contributed by atoms with van der Waals surface area (Å²) in [5.41, 5.74) is 3.84. The molecule has 0 aromatic heterocycles. The zero-order valence-electron chi connectivity index (χ0n) is 11.0. The lowest BCUT2D eigenvalue weighted by Gasteiger charge is -2.27. The molecule has 17 heavy (non-hydrogen) atoms. The van der Waals surface area contributed by atoms with E-state index in [9.17, 15) is 5.11 Å². The highest BCUT2D eigenvalue weighted by molar-refractivity contribution is 5.45. The predicted octanol–water partition coefficient (Wildman–Crippen LogP) is 3.33. The highest BCUT2D eigenvalue weighted by Crippen LogP contribution is 2.39. The van der Waals surface area contributed by atoms with E-state index in [1.165, 1.54) is 16.7 Å². The van der Waals surface area contributed by atoms with E-state index in [1.807, 2.05) is 0 Å². The van der Waals surface area contributed by atoms with Gasteiger partial charge in [-0.1, -0.05) is 17.7 Å². The van der Waals surface area contributed by atoms with E-state index in [-0.39, 0.29) is 6.10 Å². The SMILES string of the molecule is COc1c(C)cc(C)cc1C1CCC(O)CC1. The van der Waals surface area contributed by atoms with Crippen molar-refractivity contribution in [2.24, 2.45) is 0 Å². The molecule has 0 unspecified atom stereocenters. The lowest BCUT2D eigenvalue weighted by atomic mass is 9.81. The smallest absolute Gasteiger partial charge is 0.125 e. The fraction of sp³-hybridized carbons (Fsp3) is 0.600. The number of methoxy groups -OCH3 is 1. The minimum Gasteiger partial charge on any atom is -0.496 e. The monoisotopic (exact) mass is 234 g/mol. The molecule has 2 rings (SSSR count). The van der Waals surface area contributed by atoms with Gasteiger partial charge in [0, 0.05) is 0 Å². The Morgan fingerprint density at radius 1 is 1.12 bits per heavy atom. The zero-order valence-corrected chi connectivity index (χ0v) is 11.0. The summed E-state index contributed by atoms with van der Waals surface area (Å²) in [5, 5.41) is 9.58. The summed E-state index contributed by atoms with van der Waals surface area (Å²) in [4.78, 5) is 0. The summed E-state index contributed by atoms with van der Waals surface area (Å²) in [5.74, 6) is 1.59. The third-order valence-corrected chi connectivity index (χ3v) is 3.79. The normalized spacial score (nSPS) is 24.7. The number of ether oxygens (including phenoxy) is 1. The van der Waals surface area contributed by atoms with Crippen LogP contribution in [0.2, 0.25) is 0 Å². The van der Waals surface area contributed by atoms with Crippen molar-refractivity contribution in [3.63, 3.8) is 0 Å². The van der Waals surface area contributed by atoms with Crippen LogP contribution in [0.4, 0.5) is 0 Å². The molecule has 0 amide bonds. The van der Waals surface area contributed by atoms with Gasteiger partial charge in [0.2, 0.25) is 0 Å². The van der Waals surface area contributed by atoms with Crippen LogP contribution in [0.15, 0.2) is 12.1 Å². The summed E-state index contributed by atoms with van der Waals surface area (Å²) in [7, 11) is 1.75. The van der Waals surface area contributed by atoms with Crippen molar-refractivity contribution in [3.05, 3.63) is 28.8 Å². The van der Waals surface area contributed by atoms with E-state index in [2.05, 4.69) is 26.0 Å². The van der Waals surface area contributed by atoms with E-state index in [0.29, 0.717) is 5.92 Å². The van der Waals surface area contributed by atoms with Crippen LogP contribution in [-0.2, 0) is 0 Å². The second kappa shape index (κ2) is 5.09. The van der Waals surface area contributed by atoms with Gasteiger partial charge in [-0.15, -0.1) is 0 Å². The molecule has 2 nitrogen and oxygen atoms in total. The molecular formula is C15H22O2. The van der Waals surface area contributed by atoms with Crippen LogP contribution < -0.4 is 4.74 Å². The Bertz CT molecular complexity index is 390. The van der Waals surface area contributed by atoms with Gasteiger partial charge in [-0.25, -0.2) is 0 Å². The number of aliphatic hydroxyl groups is 1. The molecule has 0 atom stereocenters. The Labute approximate surface area is 104 Å². The maximum atomic E-state index is 9.58. The first-order chi connectivity index (χ1) is 8.11. The average molecular weight is 234 g/mol. The largest absolute Gasteiger partial charge is 0.496 e. The van der Waals surface area contributed by atoms with Crippen molar-refractivity contribution < 1.29 is 9.84 Å². The average Bonchev–Trinajstić information content (AvgIpc) is 2.29. The molecule has 94 valence electrons. The van der Waals surface area contributed by atoms with Gasteiger partial charge in [0.05, 0.1) is 13.2 Å². The molecule has 0 radical (unpaired) electrons. The Hall–Kier alpha value is -1.02. The van der Waals surface area contributed by atoms with Crippen molar-refractivity contribution in [2.75, 3.05) is 7.11 Å². The van der Waals surface area contributed by atoms with Crippen LogP contribution in [-0.4, -0.2) is 18.3 Å². The fourth-order valence-electron chi connectivity index (χ4n) is 2.96. The molecule has 0 spiro atoms. The predicted molar refractivity (Wildman–Crippen MR) is 69.7 cm³/mol. The van der Waals surface area contributed by atoms with Crippen LogP contribution in [0.1, 0.15) is 48.3 Å². The first kappa shape index (κ1) is 12.4. The summed E-state index contributed by atoms with van der Waals surface area (Å²) in [6.07, 6.45) is 3.88. The van der Waals surface area contributed by atoms with Gasteiger partial charge >= 0.3 is 0 Å². The van der Waals surface area contributed by atoms with Crippen molar-refractivity contribution in [3.8, 4) is 5.75 Å². The lowest BCUT2D eigenvalue weighted by Crippen LogP contribution is -2.17. The Morgan fingerprint density at radius 3 is 2.35 bits per heavy atom. The maximum absolute atomic E-state index is 9.58. The first-order valence-corrected chi connectivity index (χ1v) is 6.45. The molecule has 0 heterocycles. The van der Waals surface area contributed by atoms with E-state index in [4.69, 9.17) is 4.74 Å². The highest BCUT2D eigenvalue weighted by atomic mass is 16.5. The molecule has 1 aromatic rings. The number of hydrogen-bond donors (Lipinski definition) is 1. The molecule has 1 aromatic carbocycles. The lowest BCUT2D eigenvalue weighted by molar-refractivity contribution is 0.122. The number of aryl methyl sites for hydroxylation is 2. The van der Waals surface area contributed by atoms with Crippen molar-refractivity contribution >= 4 is 0 Å². The Morgan fingerprint density at radius 2 is 1.76 bits per heavy atom. The molecule has 1 aliphatic rings. The Balaban J connectivity index is 2.30. The van der Waals surface area contributed by atoms with Crippen LogP contribution in [0.3, 0.4) is 0 Å². The molecule has 1 aliphatic carbocycles. The van der Waals surface area contributed by atoms with Gasteiger partial charge in [0.25, 0.3) is 0 Å². The second-order valence-electron chi connectivity index (χ2n) is 5.21. The molecule has 0 saturated heterocycles. The van der Waals surface area contributed by atoms with Crippen LogP contribution in [0, 0.1) is 13.8 Å². The standard InChI is InChI=1S/C15H22O2/c1-10-8-11(2)15(17-3)14(9-10)12-4-6-13(16)7-5-12/h8-9,12-13,16H,4-7H2,1-3H3. The van der Waals surface area contributed by atoms with Crippen molar-refractivity contribution in [1.29, 1.82) is 0 Å². The summed E-state index contributed by atoms with van der Waals surface area (Å²) < 4.78 is 5.55. The van der Waals surface area contributed by atoms with E-state index in [0.717, 1.165) is 31.4 Å². The zero-order chi connectivity index (χ0) is 12.4. The number of benzene rings is 1. The van der Waals surface area contributed by atoms with Crippen molar-refractivity contribution in [2.45, 2.75) is 51.6 Å². The topological polar surface area (TPSA) is 29.5 Å². The van der Waals surface area contributed by atoms with Crippen molar-refractivity contribution in [1.82, 2.24) is 0 Å². The van der Waals surface area contributed by atoms with Crippen LogP contribution >= 0.6 is 0 Å². The molecule has 1 N–H and O–H groups in total. The van der Waals surface area contributed by atoms with Gasteiger partial charge in [0.15, 0.2) is 0 Å². The molecule has 1 fully saturated rings. The van der Waals surface area contributed by atoms with Gasteiger partial charge in [0.1, 0.15) is 5.75 Å². The third-order valence-electron chi connectivity index (χ3n) is 3.79. The van der Waals surface area contributed by atoms with Crippen LogP contribution in [0.5, 0.6) is 5.75 Å². The van der Waals surface area contributed by atoms with E-state index in [1.54, 1.807) is 7.11 Å². The molecule has 0 aliphatic heterocycles. The minimum absolute atomic E-state index is 0.0943. The Kier molecular flexibility index (Phi) is 3.72. The van der Waals surface area contributed by atoms with E-state index >= 15 is 0 Å². The van der Waals surface area contributed by atoms with Gasteiger partial charge in [-0.3, -0.25) is 0 Å². The third kappa shape index (κ3) is 2.63. The van der Waals surface area contributed by atoms with Crippen LogP contribution in [0.25, 0.3) is 0 Å². The summed E-state index contributed by atoms with van der Waals surface area (Å²) in [6, 6.07) is 4.41. The summed E-state index contributed by atoms with van der Waals surface area (Å²) >= 11 is 0. The van der Waals surface area contributed by atoms with E-state index < -0.39 is 0 Å². The van der Waals surface area contributed by atoms with Gasteiger partial charge in [-0.05, 0) is 56.6 Å². The fourth-order valence-corrected chi connectivity index (χ4v) is 2.96. The molecule has 2 heteroatoms. The number of hydrogen-bond acceptors (Lipinski definition) is 2. The summed E-state index contributed by atoms with van der Waals surface area (Å²) in [6.45, 7) is 4.24. The quantitative estimate of drug-likeness (QED) is 0.850. The highest BCUT2D eigenvalue weighted by Gasteiger charge is 2.24. The molecule has 1 saturated carbocycles. The second-order valence-corrected chi connectivity index (χ2v) is 5.21.